The van der Waals surface area contributed by atoms with Crippen LogP contribution >= 0.6 is 89.6 Å². The Kier molecular flexibility index (Phi) is 9.23. The van der Waals surface area contributed by atoms with Crippen molar-refractivity contribution in [3.63, 3.8) is 0 Å². The van der Waals surface area contributed by atoms with Crippen LogP contribution in [0, 0.1) is 3.83 Å². The molecule has 0 aliphatic carbocycles. The molecule has 0 unspecified atom stereocenters. The van der Waals surface area contributed by atoms with E-state index in [4.69, 9.17) is 11.6 Å². The molecule has 20 heavy (non-hydrogen) atoms. The molecule has 0 saturated heterocycles. The highest BCUT2D eigenvalue weighted by molar-refractivity contribution is 14.1. The van der Waals surface area contributed by atoms with Gasteiger partial charge < -0.3 is 0 Å². The molecule has 0 saturated carbocycles. The monoisotopic (exact) mass is 568 g/mol. The number of nitrogens with zero attached hydrogens (tertiary/aromatic N) is 4. The van der Waals surface area contributed by atoms with Gasteiger partial charge in [-0.2, -0.15) is 0 Å². The minimum absolute atomic E-state index is 0.285. The highest BCUT2D eigenvalue weighted by Crippen LogP contribution is 2.23. The summed E-state index contributed by atoms with van der Waals surface area (Å²) in [6, 6.07) is 0. The van der Waals surface area contributed by atoms with Crippen LogP contribution in [0.5, 0.6) is 0 Å². The Bertz CT molecular complexity index is 540. The third kappa shape index (κ3) is 6.30. The van der Waals surface area contributed by atoms with E-state index in [0.29, 0.717) is 0 Å². The minimum Gasteiger partial charge on any atom is -0.230 e. The predicted molar refractivity (Wildman–Crippen MR) is 101 cm³/mol. The van der Waals surface area contributed by atoms with E-state index >= 15 is 0 Å². The minimum atomic E-state index is 0.285. The van der Waals surface area contributed by atoms with Crippen LogP contribution < -0.4 is 0 Å². The molecular weight excluding hydrogens is 562 g/mol. The molecule has 4 nitrogen and oxygen atoms in total. The van der Waals surface area contributed by atoms with Gasteiger partial charge >= 0.3 is 0 Å². The second-order valence-corrected chi connectivity index (χ2v) is 7.59. The molecular formula is C10H8Br2ClIN4S2. The van der Waals surface area contributed by atoms with Gasteiger partial charge in [-0.15, -0.1) is 23.5 Å². The van der Waals surface area contributed by atoms with Gasteiger partial charge in [-0.25, -0.2) is 19.9 Å². The summed E-state index contributed by atoms with van der Waals surface area (Å²) in [5.41, 5.74) is 0. The highest BCUT2D eigenvalue weighted by Gasteiger charge is 2.00. The number of thioether (sulfide) groups is 2. The van der Waals surface area contributed by atoms with Gasteiger partial charge in [0.05, 0.1) is 8.95 Å². The largest absolute Gasteiger partial charge is 0.230 e. The van der Waals surface area contributed by atoms with E-state index in [0.717, 1.165) is 22.8 Å². The second kappa shape index (κ2) is 9.78. The molecule has 10 heteroatoms. The van der Waals surface area contributed by atoms with Crippen molar-refractivity contribution >= 4 is 89.6 Å². The fourth-order valence-corrected chi connectivity index (χ4v) is 3.88. The smallest absolute Gasteiger partial charge is 0.223 e. The van der Waals surface area contributed by atoms with Gasteiger partial charge in [0.2, 0.25) is 5.28 Å². The van der Waals surface area contributed by atoms with Crippen molar-refractivity contribution in [2.45, 2.75) is 10.1 Å². The summed E-state index contributed by atoms with van der Waals surface area (Å²) >= 11 is 17.4. The molecule has 0 aromatic carbocycles. The zero-order valence-corrected chi connectivity index (χ0v) is 18.0. The standard InChI is InChI=1S/C5H4BrClN2S.C5H4BrIN2S/c2*1-10-4-3(6)2-8-5(7)9-4/h2*2H,1H3. The predicted octanol–water partition coefficient (Wildman–Crippen LogP) is 5.18. The number of rotatable bonds is 2. The molecule has 0 aliphatic rings. The summed E-state index contributed by atoms with van der Waals surface area (Å²) in [4.78, 5) is 15.9. The maximum atomic E-state index is 5.54. The van der Waals surface area contributed by atoms with Crippen molar-refractivity contribution in [1.82, 2.24) is 19.9 Å². The molecule has 108 valence electrons. The average molecular weight is 571 g/mol. The van der Waals surface area contributed by atoms with Gasteiger partial charge in [-0.3, -0.25) is 0 Å². The maximum Gasteiger partial charge on any atom is 0.223 e. The number of halogens is 4. The molecule has 2 rings (SSSR count). The first-order chi connectivity index (χ1) is 9.47. The van der Waals surface area contributed by atoms with Crippen molar-refractivity contribution in [2.75, 3.05) is 12.5 Å². The lowest BCUT2D eigenvalue weighted by Gasteiger charge is -1.97. The highest BCUT2D eigenvalue weighted by atomic mass is 127. The topological polar surface area (TPSA) is 51.6 Å². The van der Waals surface area contributed by atoms with E-state index in [1.54, 1.807) is 24.2 Å². The van der Waals surface area contributed by atoms with Crippen LogP contribution in [0.1, 0.15) is 0 Å². The molecule has 2 heterocycles. The van der Waals surface area contributed by atoms with Gasteiger partial charge in [0, 0.05) is 35.0 Å². The first kappa shape index (κ1) is 18.9. The normalized spacial score (nSPS) is 9.90. The molecule has 0 bridgehead atoms. The van der Waals surface area contributed by atoms with Gasteiger partial charge in [0.15, 0.2) is 3.83 Å². The maximum absolute atomic E-state index is 5.54. The Hall–Kier alpha value is 0.840. The van der Waals surface area contributed by atoms with E-state index in [1.165, 1.54) is 11.8 Å². The molecule has 0 atom stereocenters. The zero-order valence-electron chi connectivity index (χ0n) is 10.3. The van der Waals surface area contributed by atoms with Gasteiger partial charge in [-0.1, -0.05) is 0 Å². The number of hydrogen-bond acceptors (Lipinski definition) is 6. The summed E-state index contributed by atoms with van der Waals surface area (Å²) in [5.74, 6) is 0. The molecule has 0 amide bonds. The average Bonchev–Trinajstić information content (AvgIpc) is 2.44. The van der Waals surface area contributed by atoms with Crippen LogP contribution in [0.25, 0.3) is 0 Å². The van der Waals surface area contributed by atoms with Crippen LogP contribution in [0.2, 0.25) is 5.28 Å². The fourth-order valence-electron chi connectivity index (χ4n) is 0.949. The summed E-state index contributed by atoms with van der Waals surface area (Å²) in [7, 11) is 0. The summed E-state index contributed by atoms with van der Waals surface area (Å²) < 4.78 is 2.62. The Morgan fingerprint density at radius 2 is 1.50 bits per heavy atom. The van der Waals surface area contributed by atoms with Gasteiger partial charge in [0.1, 0.15) is 10.1 Å². The summed E-state index contributed by atoms with van der Waals surface area (Å²) in [6.45, 7) is 0. The Labute approximate surface area is 161 Å². The Balaban J connectivity index is 0.000000200. The van der Waals surface area contributed by atoms with E-state index in [1.807, 2.05) is 12.5 Å². The van der Waals surface area contributed by atoms with Crippen molar-refractivity contribution in [3.05, 3.63) is 30.5 Å². The SMILES string of the molecule is CSc1nc(Cl)ncc1Br.CSc1nc(I)ncc1Br. The first-order valence-electron chi connectivity index (χ1n) is 4.92. The molecule has 0 fully saturated rings. The number of aromatic nitrogens is 4. The van der Waals surface area contributed by atoms with Crippen molar-refractivity contribution in [2.24, 2.45) is 0 Å². The third-order valence-electron chi connectivity index (χ3n) is 1.75. The number of hydrogen-bond donors (Lipinski definition) is 0. The van der Waals surface area contributed by atoms with Crippen LogP contribution in [0.15, 0.2) is 31.4 Å². The van der Waals surface area contributed by atoms with Crippen molar-refractivity contribution in [1.29, 1.82) is 0 Å². The van der Waals surface area contributed by atoms with Gasteiger partial charge in [0.25, 0.3) is 0 Å². The fraction of sp³-hybridized carbons (Fsp3) is 0.200. The lowest BCUT2D eigenvalue weighted by atomic mass is 10.7. The molecule has 0 N–H and O–H groups in total. The van der Waals surface area contributed by atoms with E-state index in [9.17, 15) is 0 Å². The van der Waals surface area contributed by atoms with Gasteiger partial charge in [-0.05, 0) is 56.0 Å². The second-order valence-electron chi connectivity index (χ2n) is 2.99. The molecule has 2 aromatic heterocycles. The zero-order chi connectivity index (χ0) is 15.1. The Morgan fingerprint density at radius 3 is 1.95 bits per heavy atom. The molecule has 0 aliphatic heterocycles. The first-order valence-corrected chi connectivity index (χ1v) is 10.4. The molecule has 2 aromatic rings. The Morgan fingerprint density at radius 1 is 1.00 bits per heavy atom. The van der Waals surface area contributed by atoms with E-state index in [2.05, 4.69) is 74.4 Å². The van der Waals surface area contributed by atoms with Crippen LogP contribution in [0.4, 0.5) is 0 Å². The van der Waals surface area contributed by atoms with Crippen molar-refractivity contribution in [3.8, 4) is 0 Å². The van der Waals surface area contributed by atoms with Crippen LogP contribution in [-0.2, 0) is 0 Å². The lowest BCUT2D eigenvalue weighted by molar-refractivity contribution is 0.984. The quantitative estimate of drug-likeness (QED) is 0.215. The van der Waals surface area contributed by atoms with Crippen molar-refractivity contribution < 1.29 is 0 Å². The third-order valence-corrected chi connectivity index (χ3v) is 5.53. The summed E-state index contributed by atoms with van der Waals surface area (Å²) in [6.07, 6.45) is 7.33. The van der Waals surface area contributed by atoms with E-state index < -0.39 is 0 Å². The molecule has 0 spiro atoms. The van der Waals surface area contributed by atoms with E-state index in [-0.39, 0.29) is 5.28 Å². The molecule has 0 radical (unpaired) electrons. The van der Waals surface area contributed by atoms with Crippen LogP contribution in [0.3, 0.4) is 0 Å². The summed E-state index contributed by atoms with van der Waals surface area (Å²) in [5, 5.41) is 2.13. The van der Waals surface area contributed by atoms with Crippen LogP contribution in [-0.4, -0.2) is 32.4 Å². The lowest BCUT2D eigenvalue weighted by Crippen LogP contribution is -1.88.